The SMILES string of the molecule is Cc1cc(Nc2ccnc3ccc(C#N)cc23)cc(C(=O)Nc2cccc(Nc3ccncc3)c2)c1. The van der Waals surface area contributed by atoms with Gasteiger partial charge in [-0.05, 0) is 85.3 Å². The van der Waals surface area contributed by atoms with E-state index in [0.29, 0.717) is 16.8 Å². The molecule has 0 spiro atoms. The molecule has 0 aliphatic rings. The molecule has 36 heavy (non-hydrogen) atoms. The molecule has 0 saturated carbocycles. The predicted octanol–water partition coefficient (Wildman–Crippen LogP) is 6.55. The molecule has 5 aromatic rings. The molecule has 0 aliphatic carbocycles. The van der Waals surface area contributed by atoms with Crippen molar-refractivity contribution in [2.45, 2.75) is 6.92 Å². The summed E-state index contributed by atoms with van der Waals surface area (Å²) in [7, 11) is 0. The van der Waals surface area contributed by atoms with Crippen LogP contribution in [-0.2, 0) is 0 Å². The van der Waals surface area contributed by atoms with Gasteiger partial charge in [0.15, 0.2) is 0 Å². The maximum Gasteiger partial charge on any atom is 0.255 e. The van der Waals surface area contributed by atoms with Crippen LogP contribution < -0.4 is 16.0 Å². The maximum absolute atomic E-state index is 13.1. The Bertz CT molecular complexity index is 1610. The van der Waals surface area contributed by atoms with Gasteiger partial charge in [0.05, 0.1) is 17.1 Å². The van der Waals surface area contributed by atoms with Crippen LogP contribution in [0.2, 0.25) is 0 Å². The Balaban J connectivity index is 1.37. The van der Waals surface area contributed by atoms with Crippen molar-refractivity contribution >= 4 is 45.2 Å². The summed E-state index contributed by atoms with van der Waals surface area (Å²) in [5.74, 6) is -0.214. The lowest BCUT2D eigenvalue weighted by Crippen LogP contribution is -2.12. The van der Waals surface area contributed by atoms with Crippen LogP contribution in [0.3, 0.4) is 0 Å². The van der Waals surface area contributed by atoms with E-state index in [-0.39, 0.29) is 5.91 Å². The van der Waals surface area contributed by atoms with Crippen molar-refractivity contribution in [3.05, 3.63) is 114 Å². The third kappa shape index (κ3) is 5.13. The average molecular weight is 471 g/mol. The number of rotatable bonds is 6. The molecule has 0 saturated heterocycles. The zero-order valence-electron chi connectivity index (χ0n) is 19.5. The van der Waals surface area contributed by atoms with E-state index >= 15 is 0 Å². The second-order valence-electron chi connectivity index (χ2n) is 8.31. The first-order valence-electron chi connectivity index (χ1n) is 11.3. The Morgan fingerprint density at radius 2 is 1.64 bits per heavy atom. The lowest BCUT2D eigenvalue weighted by molar-refractivity contribution is 0.102. The van der Waals surface area contributed by atoms with Crippen molar-refractivity contribution < 1.29 is 4.79 Å². The molecular weight excluding hydrogens is 448 g/mol. The van der Waals surface area contributed by atoms with Gasteiger partial charge in [-0.2, -0.15) is 5.26 Å². The predicted molar refractivity (Wildman–Crippen MR) is 143 cm³/mol. The molecule has 0 atom stereocenters. The first kappa shape index (κ1) is 22.6. The molecule has 0 fully saturated rings. The fourth-order valence-corrected chi connectivity index (χ4v) is 3.95. The first-order chi connectivity index (χ1) is 17.6. The number of anilines is 5. The van der Waals surface area contributed by atoms with E-state index in [9.17, 15) is 10.1 Å². The van der Waals surface area contributed by atoms with Crippen LogP contribution in [0.5, 0.6) is 0 Å². The fraction of sp³-hybridized carbons (Fsp3) is 0.0345. The number of benzene rings is 3. The number of aromatic nitrogens is 2. The molecule has 7 nitrogen and oxygen atoms in total. The van der Waals surface area contributed by atoms with Crippen LogP contribution in [0.4, 0.5) is 28.4 Å². The number of pyridine rings is 2. The Hall–Kier alpha value is -5.22. The van der Waals surface area contributed by atoms with E-state index in [1.165, 1.54) is 0 Å². The maximum atomic E-state index is 13.1. The summed E-state index contributed by atoms with van der Waals surface area (Å²) in [6.07, 6.45) is 5.15. The van der Waals surface area contributed by atoms with Gasteiger partial charge >= 0.3 is 0 Å². The van der Waals surface area contributed by atoms with Gasteiger partial charge in [0.1, 0.15) is 0 Å². The van der Waals surface area contributed by atoms with Gasteiger partial charge in [-0.3, -0.25) is 14.8 Å². The van der Waals surface area contributed by atoms with Crippen LogP contribution in [0, 0.1) is 18.3 Å². The third-order valence-corrected chi connectivity index (χ3v) is 5.58. The van der Waals surface area contributed by atoms with Crippen LogP contribution in [-0.4, -0.2) is 15.9 Å². The molecule has 1 amide bonds. The van der Waals surface area contributed by atoms with E-state index in [1.807, 2.05) is 73.7 Å². The minimum Gasteiger partial charge on any atom is -0.355 e. The summed E-state index contributed by atoms with van der Waals surface area (Å²) < 4.78 is 0. The number of carbonyl (C=O) groups is 1. The molecule has 7 heteroatoms. The number of nitrogens with one attached hydrogen (secondary N) is 3. The molecule has 0 bridgehead atoms. The van der Waals surface area contributed by atoms with Crippen molar-refractivity contribution in [2.24, 2.45) is 0 Å². The lowest BCUT2D eigenvalue weighted by atomic mass is 10.1. The lowest BCUT2D eigenvalue weighted by Gasteiger charge is -2.13. The van der Waals surface area contributed by atoms with Gasteiger partial charge in [-0.1, -0.05) is 6.07 Å². The molecule has 3 aromatic carbocycles. The number of nitriles is 1. The van der Waals surface area contributed by atoms with Gasteiger partial charge in [-0.15, -0.1) is 0 Å². The number of aryl methyl sites for hydroxylation is 1. The normalized spacial score (nSPS) is 10.4. The molecule has 0 radical (unpaired) electrons. The van der Waals surface area contributed by atoms with Crippen molar-refractivity contribution in [3.8, 4) is 6.07 Å². The number of fused-ring (bicyclic) bond motifs is 1. The van der Waals surface area contributed by atoms with E-state index in [4.69, 9.17) is 0 Å². The molecule has 0 aliphatic heterocycles. The van der Waals surface area contributed by atoms with Gasteiger partial charge in [0.2, 0.25) is 0 Å². The van der Waals surface area contributed by atoms with Crippen molar-refractivity contribution in [3.63, 3.8) is 0 Å². The Kier molecular flexibility index (Phi) is 6.24. The summed E-state index contributed by atoms with van der Waals surface area (Å²) in [6, 6.07) is 26.3. The van der Waals surface area contributed by atoms with Crippen LogP contribution in [0.25, 0.3) is 10.9 Å². The van der Waals surface area contributed by atoms with Crippen LogP contribution in [0.1, 0.15) is 21.5 Å². The van der Waals surface area contributed by atoms with Crippen LogP contribution in [0.15, 0.2) is 97.5 Å². The largest absolute Gasteiger partial charge is 0.355 e. The number of nitrogens with zero attached hydrogens (tertiary/aromatic N) is 3. The molecule has 174 valence electrons. The topological polar surface area (TPSA) is 103 Å². The Labute approximate surface area is 208 Å². The van der Waals surface area contributed by atoms with Gasteiger partial charge in [0.25, 0.3) is 5.91 Å². The second-order valence-corrected chi connectivity index (χ2v) is 8.31. The molecule has 2 heterocycles. The minimum atomic E-state index is -0.214. The summed E-state index contributed by atoms with van der Waals surface area (Å²) in [6.45, 7) is 1.94. The van der Waals surface area contributed by atoms with Crippen molar-refractivity contribution in [2.75, 3.05) is 16.0 Å². The highest BCUT2D eigenvalue weighted by Gasteiger charge is 2.11. The molecular formula is C29H22N6O. The monoisotopic (exact) mass is 470 g/mol. The van der Waals surface area contributed by atoms with E-state index in [0.717, 1.165) is 39.2 Å². The number of hydrogen-bond acceptors (Lipinski definition) is 6. The number of amides is 1. The quantitative estimate of drug-likeness (QED) is 0.260. The highest BCUT2D eigenvalue weighted by Crippen LogP contribution is 2.28. The first-order valence-corrected chi connectivity index (χ1v) is 11.3. The third-order valence-electron chi connectivity index (χ3n) is 5.58. The second kappa shape index (κ2) is 9.95. The zero-order valence-corrected chi connectivity index (χ0v) is 19.5. The van der Waals surface area contributed by atoms with Crippen LogP contribution >= 0.6 is 0 Å². The van der Waals surface area contributed by atoms with E-state index in [2.05, 4.69) is 32.0 Å². The summed E-state index contributed by atoms with van der Waals surface area (Å²) in [4.78, 5) is 21.5. The number of carbonyl (C=O) groups excluding carboxylic acids is 1. The zero-order chi connectivity index (χ0) is 24.9. The van der Waals surface area contributed by atoms with Gasteiger partial charge < -0.3 is 16.0 Å². The highest BCUT2D eigenvalue weighted by molar-refractivity contribution is 6.05. The molecule has 5 rings (SSSR count). The van der Waals surface area contributed by atoms with E-state index < -0.39 is 0 Å². The molecule has 0 unspecified atom stereocenters. The van der Waals surface area contributed by atoms with Crippen molar-refractivity contribution in [1.82, 2.24) is 9.97 Å². The average Bonchev–Trinajstić information content (AvgIpc) is 2.89. The summed E-state index contributed by atoms with van der Waals surface area (Å²) in [5.41, 5.74) is 6.83. The highest BCUT2D eigenvalue weighted by atomic mass is 16.1. The molecule has 3 N–H and O–H groups in total. The van der Waals surface area contributed by atoms with Crippen molar-refractivity contribution in [1.29, 1.82) is 5.26 Å². The fourth-order valence-electron chi connectivity index (χ4n) is 3.95. The van der Waals surface area contributed by atoms with Gasteiger partial charge in [-0.25, -0.2) is 0 Å². The van der Waals surface area contributed by atoms with Gasteiger partial charge in [0, 0.05) is 58.0 Å². The Morgan fingerprint density at radius 1 is 0.806 bits per heavy atom. The minimum absolute atomic E-state index is 0.214. The standard InChI is InChI=1S/C29H22N6O/c1-19-13-21(29(36)35-24-4-2-3-23(17-24)33-22-7-10-31-11-8-22)16-25(14-19)34-28-9-12-32-27-6-5-20(18-30)15-26(27)28/h2-17H,1H3,(H,31,33)(H,32,34)(H,35,36). The van der Waals surface area contributed by atoms with E-state index in [1.54, 1.807) is 30.7 Å². The number of hydrogen-bond donors (Lipinski definition) is 3. The summed E-state index contributed by atoms with van der Waals surface area (Å²) >= 11 is 0. The Morgan fingerprint density at radius 3 is 2.47 bits per heavy atom. The smallest absolute Gasteiger partial charge is 0.255 e. The molecule has 2 aromatic heterocycles. The summed E-state index contributed by atoms with van der Waals surface area (Å²) in [5, 5.41) is 19.8.